The van der Waals surface area contributed by atoms with Gasteiger partial charge in [0.1, 0.15) is 0 Å². The van der Waals surface area contributed by atoms with Crippen molar-refractivity contribution < 1.29 is 9.66 Å². The predicted octanol–water partition coefficient (Wildman–Crippen LogP) is 1.12. The lowest BCUT2D eigenvalue weighted by Crippen LogP contribution is -2.16. The molecule has 6 heteroatoms. The van der Waals surface area contributed by atoms with Crippen LogP contribution in [0.25, 0.3) is 0 Å². The van der Waals surface area contributed by atoms with Crippen LogP contribution in [0.5, 0.6) is 5.75 Å². The zero-order valence-corrected chi connectivity index (χ0v) is 8.95. The van der Waals surface area contributed by atoms with E-state index >= 15 is 0 Å². The van der Waals surface area contributed by atoms with Crippen LogP contribution in [0.15, 0.2) is 12.1 Å². The van der Waals surface area contributed by atoms with Gasteiger partial charge in [-0.05, 0) is 11.6 Å². The van der Waals surface area contributed by atoms with Gasteiger partial charge in [-0.15, -0.1) is 0 Å². The molecule has 0 aliphatic carbocycles. The maximum absolute atomic E-state index is 10.8. The molecular formula is C10H13N3O3. The Balaban J connectivity index is 2.48. The highest BCUT2D eigenvalue weighted by Gasteiger charge is 2.19. The lowest BCUT2D eigenvalue weighted by molar-refractivity contribution is -0.385. The molecule has 0 fully saturated rings. The Morgan fingerprint density at radius 2 is 2.25 bits per heavy atom. The second-order valence-corrected chi connectivity index (χ2v) is 3.54. The number of nitro benzene ring substituents is 1. The number of nitrogens with one attached hydrogen (secondary N) is 2. The van der Waals surface area contributed by atoms with Crippen molar-refractivity contribution in [1.82, 2.24) is 5.32 Å². The third-order valence-corrected chi connectivity index (χ3v) is 2.53. The van der Waals surface area contributed by atoms with E-state index in [1.807, 2.05) is 0 Å². The molecule has 0 aromatic heterocycles. The van der Waals surface area contributed by atoms with E-state index in [9.17, 15) is 10.1 Å². The number of nitrogens with zero attached hydrogens (tertiary/aromatic N) is 1. The summed E-state index contributed by atoms with van der Waals surface area (Å²) in [6.07, 6.45) is 0. The van der Waals surface area contributed by atoms with Crippen LogP contribution in [-0.4, -0.2) is 25.1 Å². The highest BCUT2D eigenvalue weighted by molar-refractivity contribution is 5.63. The monoisotopic (exact) mass is 223 g/mol. The molecular weight excluding hydrogens is 210 g/mol. The number of hydrogen-bond acceptors (Lipinski definition) is 5. The Morgan fingerprint density at radius 1 is 1.44 bits per heavy atom. The minimum Gasteiger partial charge on any atom is -0.490 e. The van der Waals surface area contributed by atoms with Gasteiger partial charge in [-0.1, -0.05) is 0 Å². The fourth-order valence-corrected chi connectivity index (χ4v) is 1.74. The van der Waals surface area contributed by atoms with Crippen LogP contribution in [0.1, 0.15) is 5.56 Å². The summed E-state index contributed by atoms with van der Waals surface area (Å²) in [5, 5.41) is 17.2. The van der Waals surface area contributed by atoms with Crippen molar-refractivity contribution in [3.63, 3.8) is 0 Å². The smallest absolute Gasteiger partial charge is 0.312 e. The highest BCUT2D eigenvalue weighted by Crippen LogP contribution is 2.33. The van der Waals surface area contributed by atoms with E-state index < -0.39 is 4.92 Å². The molecule has 1 aliphatic heterocycles. The van der Waals surface area contributed by atoms with Crippen molar-refractivity contribution in [2.24, 2.45) is 0 Å². The van der Waals surface area contributed by atoms with Crippen molar-refractivity contribution in [2.45, 2.75) is 6.54 Å². The van der Waals surface area contributed by atoms with Crippen molar-refractivity contribution in [3.8, 4) is 5.75 Å². The van der Waals surface area contributed by atoms with E-state index in [1.165, 1.54) is 13.2 Å². The van der Waals surface area contributed by atoms with Crippen LogP contribution >= 0.6 is 0 Å². The predicted molar refractivity (Wildman–Crippen MR) is 59.8 cm³/mol. The summed E-state index contributed by atoms with van der Waals surface area (Å²) in [7, 11) is 1.44. The Hall–Kier alpha value is -1.82. The second-order valence-electron chi connectivity index (χ2n) is 3.54. The van der Waals surface area contributed by atoms with Gasteiger partial charge < -0.3 is 15.4 Å². The van der Waals surface area contributed by atoms with Gasteiger partial charge in [0.2, 0.25) is 0 Å². The molecule has 0 saturated heterocycles. The molecule has 2 N–H and O–H groups in total. The molecule has 0 saturated carbocycles. The van der Waals surface area contributed by atoms with Crippen molar-refractivity contribution in [3.05, 3.63) is 27.8 Å². The standard InChI is InChI=1S/C10H13N3O3/c1-16-10-4-7-6-11-2-3-12-8(7)5-9(10)13(14)15/h4-5,11-12H,2-3,6H2,1H3. The molecule has 1 aliphatic rings. The number of nitro groups is 1. The highest BCUT2D eigenvalue weighted by atomic mass is 16.6. The number of ether oxygens (including phenoxy) is 1. The number of anilines is 1. The average Bonchev–Trinajstić information content (AvgIpc) is 2.51. The van der Waals surface area contributed by atoms with E-state index in [-0.39, 0.29) is 5.69 Å². The number of methoxy groups -OCH3 is 1. The van der Waals surface area contributed by atoms with E-state index in [2.05, 4.69) is 10.6 Å². The molecule has 1 aromatic carbocycles. The van der Waals surface area contributed by atoms with Gasteiger partial charge in [0.15, 0.2) is 5.75 Å². The van der Waals surface area contributed by atoms with Crippen molar-refractivity contribution in [1.29, 1.82) is 0 Å². The van der Waals surface area contributed by atoms with Gasteiger partial charge in [0.05, 0.1) is 12.0 Å². The SMILES string of the molecule is COc1cc2c(cc1[N+](=O)[O-])NCCNC2. The van der Waals surface area contributed by atoms with E-state index in [0.29, 0.717) is 12.3 Å². The fourth-order valence-electron chi connectivity index (χ4n) is 1.74. The maximum atomic E-state index is 10.8. The van der Waals surface area contributed by atoms with Crippen LogP contribution in [0.2, 0.25) is 0 Å². The van der Waals surface area contributed by atoms with E-state index in [4.69, 9.17) is 4.74 Å². The average molecular weight is 223 g/mol. The largest absolute Gasteiger partial charge is 0.490 e. The molecule has 86 valence electrons. The second kappa shape index (κ2) is 4.36. The summed E-state index contributed by atoms with van der Waals surface area (Å²) in [5.41, 5.74) is 1.79. The minimum absolute atomic E-state index is 0.00403. The van der Waals surface area contributed by atoms with Gasteiger partial charge in [-0.25, -0.2) is 0 Å². The van der Waals surface area contributed by atoms with Crippen LogP contribution in [0.4, 0.5) is 11.4 Å². The first-order valence-electron chi connectivity index (χ1n) is 5.02. The van der Waals surface area contributed by atoms with Gasteiger partial charge in [0.25, 0.3) is 0 Å². The summed E-state index contributed by atoms with van der Waals surface area (Å²) in [5.74, 6) is 0.300. The lowest BCUT2D eigenvalue weighted by Gasteiger charge is -2.09. The zero-order valence-electron chi connectivity index (χ0n) is 8.95. The molecule has 1 heterocycles. The molecule has 16 heavy (non-hydrogen) atoms. The molecule has 1 aromatic rings. The van der Waals surface area contributed by atoms with Crippen LogP contribution < -0.4 is 15.4 Å². The first kappa shape index (κ1) is 10.7. The number of hydrogen-bond donors (Lipinski definition) is 2. The first-order chi connectivity index (χ1) is 7.72. The summed E-state index contributed by atoms with van der Waals surface area (Å²) in [6.45, 7) is 2.29. The molecule has 2 rings (SSSR count). The normalized spacial score (nSPS) is 14.6. The molecule has 0 bridgehead atoms. The molecule has 0 spiro atoms. The Morgan fingerprint density at radius 3 is 2.94 bits per heavy atom. The minimum atomic E-state index is -0.431. The molecule has 0 radical (unpaired) electrons. The molecule has 0 amide bonds. The first-order valence-corrected chi connectivity index (χ1v) is 5.02. The summed E-state index contributed by atoms with van der Waals surface area (Å²) in [6, 6.07) is 3.24. The Kier molecular flexibility index (Phi) is 2.91. The third-order valence-electron chi connectivity index (χ3n) is 2.53. The van der Waals surface area contributed by atoms with Gasteiger partial charge in [-0.2, -0.15) is 0 Å². The lowest BCUT2D eigenvalue weighted by atomic mass is 10.1. The number of fused-ring (bicyclic) bond motifs is 1. The van der Waals surface area contributed by atoms with Gasteiger partial charge in [0, 0.05) is 31.4 Å². The van der Waals surface area contributed by atoms with Crippen molar-refractivity contribution in [2.75, 3.05) is 25.5 Å². The van der Waals surface area contributed by atoms with Crippen LogP contribution in [0.3, 0.4) is 0 Å². The van der Waals surface area contributed by atoms with Crippen LogP contribution in [0, 0.1) is 10.1 Å². The molecule has 0 unspecified atom stereocenters. The topological polar surface area (TPSA) is 76.4 Å². The third kappa shape index (κ3) is 1.92. The summed E-state index contributed by atoms with van der Waals surface area (Å²) >= 11 is 0. The molecule has 6 nitrogen and oxygen atoms in total. The number of rotatable bonds is 2. The van der Waals surface area contributed by atoms with Gasteiger partial charge >= 0.3 is 5.69 Å². The Labute approximate surface area is 92.8 Å². The van der Waals surface area contributed by atoms with Crippen molar-refractivity contribution >= 4 is 11.4 Å². The fraction of sp³-hybridized carbons (Fsp3) is 0.400. The summed E-state index contributed by atoms with van der Waals surface area (Å²) < 4.78 is 5.02. The van der Waals surface area contributed by atoms with E-state index in [1.54, 1.807) is 6.07 Å². The van der Waals surface area contributed by atoms with E-state index in [0.717, 1.165) is 24.3 Å². The number of benzene rings is 1. The zero-order chi connectivity index (χ0) is 11.5. The molecule has 0 atom stereocenters. The summed E-state index contributed by atoms with van der Waals surface area (Å²) in [4.78, 5) is 10.4. The quantitative estimate of drug-likeness (QED) is 0.580. The van der Waals surface area contributed by atoms with Crippen LogP contribution in [-0.2, 0) is 6.54 Å². The maximum Gasteiger partial charge on any atom is 0.312 e. The Bertz CT molecular complexity index is 420. The van der Waals surface area contributed by atoms with Gasteiger partial charge in [-0.3, -0.25) is 10.1 Å².